The maximum atomic E-state index is 13.2. The van der Waals surface area contributed by atoms with Gasteiger partial charge in [-0.05, 0) is 38.1 Å². The van der Waals surface area contributed by atoms with E-state index in [1.807, 2.05) is 43.5 Å². The molecular weight excluding hydrogens is 384 g/mol. The summed E-state index contributed by atoms with van der Waals surface area (Å²) < 4.78 is 17.0. The maximum absolute atomic E-state index is 13.2. The molecule has 0 amide bonds. The molecule has 3 atom stereocenters. The van der Waals surface area contributed by atoms with Gasteiger partial charge in [0.25, 0.3) is 0 Å². The molecule has 4 aromatic rings. The van der Waals surface area contributed by atoms with Gasteiger partial charge in [-0.15, -0.1) is 10.2 Å². The quantitative estimate of drug-likeness (QED) is 0.519. The van der Waals surface area contributed by atoms with E-state index in [4.69, 9.17) is 0 Å². The van der Waals surface area contributed by atoms with E-state index in [2.05, 4.69) is 38.5 Å². The number of hydrogen-bond acceptors (Lipinski definition) is 5. The Hall–Kier alpha value is -2.58. The standard InChI is InChI=1S/C21H24N6OS/c1-4-15-12-25(3)13-17(15)20-24-23-19-11-22-21-18(27(19)20)9-10-26(21)29(28)16-7-5-14(2)6-8-16/h5-11,15,17H,4,12-13H2,1-3H3. The minimum absolute atomic E-state index is 0.330. The van der Waals surface area contributed by atoms with Gasteiger partial charge in [-0.2, -0.15) is 0 Å². The molecule has 1 aliphatic heterocycles. The Morgan fingerprint density at radius 2 is 1.93 bits per heavy atom. The lowest BCUT2D eigenvalue weighted by molar-refractivity contribution is 0.392. The molecule has 150 valence electrons. The fraction of sp³-hybridized carbons (Fsp3) is 0.381. The first-order valence-corrected chi connectivity index (χ1v) is 11.1. The summed E-state index contributed by atoms with van der Waals surface area (Å²) in [5.74, 6) is 1.86. The number of benzene rings is 1. The van der Waals surface area contributed by atoms with Crippen molar-refractivity contribution in [3.63, 3.8) is 0 Å². The Morgan fingerprint density at radius 1 is 1.14 bits per heavy atom. The normalized spacial score (nSPS) is 21.3. The summed E-state index contributed by atoms with van der Waals surface area (Å²) in [6, 6.07) is 9.72. The topological polar surface area (TPSA) is 68.3 Å². The van der Waals surface area contributed by atoms with Gasteiger partial charge in [0.2, 0.25) is 0 Å². The Balaban J connectivity index is 1.64. The molecule has 1 fully saturated rings. The Morgan fingerprint density at radius 3 is 2.69 bits per heavy atom. The van der Waals surface area contributed by atoms with Crippen molar-refractivity contribution < 1.29 is 4.21 Å². The third-order valence-electron chi connectivity index (χ3n) is 5.94. The van der Waals surface area contributed by atoms with Crippen LogP contribution in [0.4, 0.5) is 0 Å². The van der Waals surface area contributed by atoms with Gasteiger partial charge >= 0.3 is 0 Å². The van der Waals surface area contributed by atoms with Crippen LogP contribution in [0.2, 0.25) is 0 Å². The summed E-state index contributed by atoms with van der Waals surface area (Å²) in [6.45, 7) is 6.30. The van der Waals surface area contributed by atoms with Gasteiger partial charge < -0.3 is 4.90 Å². The highest BCUT2D eigenvalue weighted by Gasteiger charge is 2.34. The van der Waals surface area contributed by atoms with Crippen molar-refractivity contribution in [2.24, 2.45) is 5.92 Å². The molecule has 8 heteroatoms. The second-order valence-electron chi connectivity index (χ2n) is 7.92. The van der Waals surface area contributed by atoms with Crippen LogP contribution >= 0.6 is 0 Å². The number of rotatable bonds is 4. The van der Waals surface area contributed by atoms with E-state index in [0.717, 1.165) is 47.0 Å². The molecule has 0 aliphatic carbocycles. The summed E-state index contributed by atoms with van der Waals surface area (Å²) >= 11 is 0. The molecule has 7 nitrogen and oxygen atoms in total. The van der Waals surface area contributed by atoms with Gasteiger partial charge in [-0.3, -0.25) is 4.40 Å². The third kappa shape index (κ3) is 2.98. The molecule has 0 N–H and O–H groups in total. The first kappa shape index (κ1) is 18.4. The molecule has 4 heterocycles. The van der Waals surface area contributed by atoms with E-state index < -0.39 is 11.0 Å². The van der Waals surface area contributed by atoms with Crippen LogP contribution in [0, 0.1) is 12.8 Å². The number of hydrogen-bond donors (Lipinski definition) is 0. The van der Waals surface area contributed by atoms with Crippen LogP contribution in [-0.4, -0.2) is 52.8 Å². The summed E-state index contributed by atoms with van der Waals surface area (Å²) in [4.78, 5) is 7.67. The van der Waals surface area contributed by atoms with Crippen LogP contribution in [0.5, 0.6) is 0 Å². The van der Waals surface area contributed by atoms with Gasteiger partial charge in [0.15, 0.2) is 22.3 Å². The van der Waals surface area contributed by atoms with Crippen molar-refractivity contribution in [1.82, 2.24) is 28.5 Å². The van der Waals surface area contributed by atoms with Crippen molar-refractivity contribution in [2.75, 3.05) is 20.1 Å². The maximum Gasteiger partial charge on any atom is 0.179 e. The highest BCUT2D eigenvalue weighted by Crippen LogP contribution is 2.34. The van der Waals surface area contributed by atoms with Crippen LogP contribution in [0.1, 0.15) is 30.7 Å². The third-order valence-corrected chi connectivity index (χ3v) is 7.27. The molecule has 0 saturated carbocycles. The van der Waals surface area contributed by atoms with Gasteiger partial charge in [0.1, 0.15) is 5.82 Å². The zero-order valence-corrected chi connectivity index (χ0v) is 17.6. The van der Waals surface area contributed by atoms with E-state index in [-0.39, 0.29) is 0 Å². The Kier molecular flexibility index (Phi) is 4.48. The fourth-order valence-corrected chi connectivity index (χ4v) is 5.45. The summed E-state index contributed by atoms with van der Waals surface area (Å²) in [7, 11) is 0.797. The van der Waals surface area contributed by atoms with Crippen molar-refractivity contribution in [3.8, 4) is 0 Å². The number of likely N-dealkylation sites (N-methyl/N-ethyl adjacent to an activating group) is 1. The van der Waals surface area contributed by atoms with E-state index in [1.165, 1.54) is 0 Å². The van der Waals surface area contributed by atoms with Crippen LogP contribution < -0.4 is 0 Å². The molecule has 1 aliphatic rings. The van der Waals surface area contributed by atoms with E-state index in [9.17, 15) is 4.21 Å². The van der Waals surface area contributed by atoms with Crippen molar-refractivity contribution in [3.05, 3.63) is 54.1 Å². The molecular formula is C21H24N6OS. The number of nitrogens with zero attached hydrogens (tertiary/aromatic N) is 6. The Labute approximate surface area is 172 Å². The number of likely N-dealkylation sites (tertiary alicyclic amines) is 1. The molecule has 1 saturated heterocycles. The van der Waals surface area contributed by atoms with Crippen LogP contribution in [-0.2, 0) is 11.0 Å². The molecule has 0 radical (unpaired) electrons. The molecule has 1 aromatic carbocycles. The second kappa shape index (κ2) is 7.03. The highest BCUT2D eigenvalue weighted by molar-refractivity contribution is 7.83. The molecule has 29 heavy (non-hydrogen) atoms. The highest BCUT2D eigenvalue weighted by atomic mass is 32.2. The van der Waals surface area contributed by atoms with Crippen LogP contribution in [0.15, 0.2) is 47.6 Å². The van der Waals surface area contributed by atoms with Crippen LogP contribution in [0.25, 0.3) is 16.8 Å². The average molecular weight is 409 g/mol. The molecule has 3 unspecified atom stereocenters. The predicted molar refractivity (Wildman–Crippen MR) is 113 cm³/mol. The lowest BCUT2D eigenvalue weighted by Crippen LogP contribution is -2.14. The smallest absolute Gasteiger partial charge is 0.179 e. The van der Waals surface area contributed by atoms with E-state index >= 15 is 0 Å². The van der Waals surface area contributed by atoms with Crippen molar-refractivity contribution in [2.45, 2.75) is 31.1 Å². The van der Waals surface area contributed by atoms with Crippen LogP contribution in [0.3, 0.4) is 0 Å². The first-order valence-electron chi connectivity index (χ1n) is 9.95. The monoisotopic (exact) mass is 408 g/mol. The van der Waals surface area contributed by atoms with E-state index in [0.29, 0.717) is 17.5 Å². The van der Waals surface area contributed by atoms with Gasteiger partial charge in [-0.25, -0.2) is 13.2 Å². The molecule has 3 aromatic heterocycles. The SMILES string of the molecule is CCC1CN(C)CC1c1nnc2cnc3c(ccn3S(=O)c3ccc(C)cc3)n12. The molecule has 5 rings (SSSR count). The lowest BCUT2D eigenvalue weighted by Gasteiger charge is -2.15. The zero-order chi connectivity index (χ0) is 20.1. The summed E-state index contributed by atoms with van der Waals surface area (Å²) in [6.07, 6.45) is 4.67. The lowest BCUT2D eigenvalue weighted by atomic mass is 9.93. The first-order chi connectivity index (χ1) is 14.1. The van der Waals surface area contributed by atoms with Crippen molar-refractivity contribution in [1.29, 1.82) is 0 Å². The van der Waals surface area contributed by atoms with Gasteiger partial charge in [0, 0.05) is 25.2 Å². The van der Waals surface area contributed by atoms with Gasteiger partial charge in [-0.1, -0.05) is 31.0 Å². The predicted octanol–water partition coefficient (Wildman–Crippen LogP) is 3.01. The van der Waals surface area contributed by atoms with Crippen molar-refractivity contribution >= 4 is 27.8 Å². The largest absolute Gasteiger partial charge is 0.305 e. The zero-order valence-electron chi connectivity index (χ0n) is 16.8. The van der Waals surface area contributed by atoms with Gasteiger partial charge in [0.05, 0.1) is 16.6 Å². The molecule has 0 bridgehead atoms. The number of fused-ring (bicyclic) bond motifs is 3. The summed E-state index contributed by atoms with van der Waals surface area (Å²) in [5.41, 5.74) is 3.45. The second-order valence-corrected chi connectivity index (χ2v) is 9.28. The summed E-state index contributed by atoms with van der Waals surface area (Å²) in [5, 5.41) is 8.92. The van der Waals surface area contributed by atoms with E-state index in [1.54, 1.807) is 10.2 Å². The fourth-order valence-electron chi connectivity index (χ4n) is 4.39. The minimum Gasteiger partial charge on any atom is -0.305 e. The number of aromatic nitrogens is 5. The number of aryl methyl sites for hydroxylation is 1. The average Bonchev–Trinajstić information content (AvgIpc) is 3.42. The molecule has 0 spiro atoms. The Bertz CT molecular complexity index is 1210. The minimum atomic E-state index is -1.36.